The van der Waals surface area contributed by atoms with Crippen molar-refractivity contribution in [3.63, 3.8) is 0 Å². The van der Waals surface area contributed by atoms with Gasteiger partial charge in [-0.15, -0.1) is 0 Å². The summed E-state index contributed by atoms with van der Waals surface area (Å²) in [6, 6.07) is 14.9. The molecule has 1 aliphatic carbocycles. The van der Waals surface area contributed by atoms with Crippen LogP contribution in [-0.4, -0.2) is 21.2 Å². The largest absolute Gasteiger partial charge is 0.349 e. The fourth-order valence-corrected chi connectivity index (χ4v) is 4.33. The van der Waals surface area contributed by atoms with Gasteiger partial charge in [0, 0.05) is 18.1 Å². The number of aromatic nitrogens is 2. The van der Waals surface area contributed by atoms with Crippen LogP contribution in [0.5, 0.6) is 0 Å². The Morgan fingerprint density at radius 2 is 2.07 bits per heavy atom. The zero-order valence-corrected chi connectivity index (χ0v) is 16.4. The van der Waals surface area contributed by atoms with Crippen LogP contribution in [-0.2, 0) is 11.2 Å². The summed E-state index contributed by atoms with van der Waals surface area (Å²) in [6.07, 6.45) is 5.73. The Labute approximate surface area is 164 Å². The summed E-state index contributed by atoms with van der Waals surface area (Å²) >= 11 is 1.47. The maximum Gasteiger partial charge on any atom is 0.230 e. The Balaban J connectivity index is 1.40. The topological polar surface area (TPSA) is 46.9 Å². The molecule has 1 N–H and O–H groups in total. The van der Waals surface area contributed by atoms with Gasteiger partial charge in [0.2, 0.25) is 5.91 Å². The summed E-state index contributed by atoms with van der Waals surface area (Å²) in [4.78, 5) is 16.9. The zero-order chi connectivity index (χ0) is 18.8. The lowest BCUT2D eigenvalue weighted by molar-refractivity contribution is -0.119. The summed E-state index contributed by atoms with van der Waals surface area (Å²) in [5, 5.41) is 4.01. The lowest BCUT2D eigenvalue weighted by atomic mass is 10.1. The van der Waals surface area contributed by atoms with Crippen LogP contribution < -0.4 is 5.32 Å². The maximum absolute atomic E-state index is 12.5. The second kappa shape index (κ2) is 7.61. The summed E-state index contributed by atoms with van der Waals surface area (Å²) in [5.74, 6) is 0.414. The van der Waals surface area contributed by atoms with Crippen LogP contribution in [0.1, 0.15) is 34.7 Å². The molecule has 5 heteroatoms. The molecule has 0 fully saturated rings. The average molecular weight is 378 g/mol. The minimum absolute atomic E-state index is 0.0522. The third kappa shape index (κ3) is 3.78. The second-order valence-electron chi connectivity index (χ2n) is 6.99. The van der Waals surface area contributed by atoms with Crippen LogP contribution in [0.2, 0.25) is 0 Å². The molecule has 3 aromatic rings. The van der Waals surface area contributed by atoms with E-state index in [1.807, 2.05) is 16.8 Å². The van der Waals surface area contributed by atoms with Gasteiger partial charge in [0.1, 0.15) is 0 Å². The molecule has 0 radical (unpaired) electrons. The molecule has 1 unspecified atom stereocenters. The third-order valence-corrected chi connectivity index (χ3v) is 6.14. The number of amides is 1. The fraction of sp³-hybridized carbons (Fsp3) is 0.273. The first-order chi connectivity index (χ1) is 13.1. The number of fused-ring (bicyclic) bond motifs is 1. The molecule has 2 aromatic carbocycles. The van der Waals surface area contributed by atoms with Gasteiger partial charge in [-0.2, -0.15) is 0 Å². The van der Waals surface area contributed by atoms with E-state index >= 15 is 0 Å². The SMILES string of the molecule is Cc1ccc(-n2ccnc2SCC(=O)NC2CCc3ccccc32)cc1C. The molecule has 0 saturated heterocycles. The van der Waals surface area contributed by atoms with Crippen LogP contribution in [0.25, 0.3) is 5.69 Å². The molecule has 1 aromatic heterocycles. The number of aryl methyl sites for hydroxylation is 3. The molecule has 138 valence electrons. The van der Waals surface area contributed by atoms with Gasteiger partial charge in [-0.1, -0.05) is 42.1 Å². The van der Waals surface area contributed by atoms with Gasteiger partial charge in [0.05, 0.1) is 11.8 Å². The van der Waals surface area contributed by atoms with E-state index in [1.54, 1.807) is 6.20 Å². The molecular formula is C22H23N3OS. The van der Waals surface area contributed by atoms with Crippen molar-refractivity contribution in [1.82, 2.24) is 14.9 Å². The molecule has 27 heavy (non-hydrogen) atoms. The maximum atomic E-state index is 12.5. The van der Waals surface area contributed by atoms with Crippen LogP contribution in [0, 0.1) is 13.8 Å². The first-order valence-electron chi connectivity index (χ1n) is 9.23. The Hall–Kier alpha value is -2.53. The van der Waals surface area contributed by atoms with Crippen LogP contribution >= 0.6 is 11.8 Å². The molecule has 0 saturated carbocycles. The third-order valence-electron chi connectivity index (χ3n) is 5.18. The number of carbonyl (C=O) groups is 1. The minimum Gasteiger partial charge on any atom is -0.349 e. The first-order valence-corrected chi connectivity index (χ1v) is 10.2. The van der Waals surface area contributed by atoms with Gasteiger partial charge < -0.3 is 5.32 Å². The van der Waals surface area contributed by atoms with E-state index in [9.17, 15) is 4.79 Å². The standard InChI is InChI=1S/C22H23N3OS/c1-15-7-9-18(13-16(15)2)25-12-11-23-22(25)27-14-21(26)24-20-10-8-17-5-3-4-6-19(17)20/h3-7,9,11-13,20H,8,10,14H2,1-2H3,(H,24,26). The van der Waals surface area contributed by atoms with E-state index in [-0.39, 0.29) is 11.9 Å². The second-order valence-corrected chi connectivity index (χ2v) is 7.94. The van der Waals surface area contributed by atoms with E-state index in [1.165, 1.54) is 34.0 Å². The summed E-state index contributed by atoms with van der Waals surface area (Å²) in [7, 11) is 0. The lowest BCUT2D eigenvalue weighted by Crippen LogP contribution is -2.28. The van der Waals surface area contributed by atoms with E-state index in [0.717, 1.165) is 23.7 Å². The first kappa shape index (κ1) is 17.9. The van der Waals surface area contributed by atoms with Crippen molar-refractivity contribution in [2.24, 2.45) is 0 Å². The van der Waals surface area contributed by atoms with E-state index in [4.69, 9.17) is 0 Å². The van der Waals surface area contributed by atoms with Crippen LogP contribution in [0.15, 0.2) is 60.0 Å². The van der Waals surface area contributed by atoms with Crippen molar-refractivity contribution in [3.8, 4) is 5.69 Å². The molecule has 0 spiro atoms. The number of nitrogens with one attached hydrogen (secondary N) is 1. The summed E-state index contributed by atoms with van der Waals surface area (Å²) in [5.41, 5.74) is 6.19. The van der Waals surface area contributed by atoms with Crippen molar-refractivity contribution in [2.75, 3.05) is 5.75 Å². The highest BCUT2D eigenvalue weighted by molar-refractivity contribution is 7.99. The van der Waals surface area contributed by atoms with Crippen molar-refractivity contribution in [3.05, 3.63) is 77.1 Å². The normalized spacial score (nSPS) is 15.6. The highest BCUT2D eigenvalue weighted by atomic mass is 32.2. The Morgan fingerprint density at radius 1 is 1.22 bits per heavy atom. The van der Waals surface area contributed by atoms with E-state index < -0.39 is 0 Å². The highest BCUT2D eigenvalue weighted by Gasteiger charge is 2.23. The predicted molar refractivity (Wildman–Crippen MR) is 109 cm³/mol. The molecule has 0 bridgehead atoms. The lowest BCUT2D eigenvalue weighted by Gasteiger charge is -2.14. The van der Waals surface area contributed by atoms with Gasteiger partial charge in [-0.3, -0.25) is 9.36 Å². The number of hydrogen-bond acceptors (Lipinski definition) is 3. The van der Waals surface area contributed by atoms with Crippen molar-refractivity contribution in [1.29, 1.82) is 0 Å². The van der Waals surface area contributed by atoms with Crippen LogP contribution in [0.4, 0.5) is 0 Å². The minimum atomic E-state index is 0.0522. The van der Waals surface area contributed by atoms with E-state index in [0.29, 0.717) is 5.75 Å². The smallest absolute Gasteiger partial charge is 0.230 e. The van der Waals surface area contributed by atoms with Crippen molar-refractivity contribution in [2.45, 2.75) is 37.9 Å². The molecule has 0 aliphatic heterocycles. The van der Waals surface area contributed by atoms with Gasteiger partial charge in [-0.25, -0.2) is 4.98 Å². The number of rotatable bonds is 5. The molecule has 1 atom stereocenters. The molecule has 4 rings (SSSR count). The van der Waals surface area contributed by atoms with Crippen LogP contribution in [0.3, 0.4) is 0 Å². The quantitative estimate of drug-likeness (QED) is 0.671. The zero-order valence-electron chi connectivity index (χ0n) is 15.6. The molecule has 1 amide bonds. The van der Waals surface area contributed by atoms with Gasteiger partial charge in [0.25, 0.3) is 0 Å². The van der Waals surface area contributed by atoms with Gasteiger partial charge in [-0.05, 0) is 61.1 Å². The number of hydrogen-bond donors (Lipinski definition) is 1. The number of thioether (sulfide) groups is 1. The average Bonchev–Trinajstić information content (AvgIpc) is 3.30. The summed E-state index contributed by atoms with van der Waals surface area (Å²) < 4.78 is 2.04. The Morgan fingerprint density at radius 3 is 2.93 bits per heavy atom. The molecule has 1 heterocycles. The summed E-state index contributed by atoms with van der Waals surface area (Å²) in [6.45, 7) is 4.21. The van der Waals surface area contributed by atoms with Crippen molar-refractivity contribution < 1.29 is 4.79 Å². The van der Waals surface area contributed by atoms with E-state index in [2.05, 4.69) is 60.5 Å². The fourth-order valence-electron chi connectivity index (χ4n) is 3.54. The number of imidazole rings is 1. The number of carbonyl (C=O) groups excluding carboxylic acids is 1. The Kier molecular flexibility index (Phi) is 5.03. The molecular weight excluding hydrogens is 354 g/mol. The predicted octanol–water partition coefficient (Wildman–Crippen LogP) is 4.38. The van der Waals surface area contributed by atoms with Gasteiger partial charge in [0.15, 0.2) is 5.16 Å². The van der Waals surface area contributed by atoms with Gasteiger partial charge >= 0.3 is 0 Å². The number of nitrogens with zero attached hydrogens (tertiary/aromatic N) is 2. The molecule has 4 nitrogen and oxygen atoms in total. The number of benzene rings is 2. The monoisotopic (exact) mass is 377 g/mol. The molecule has 1 aliphatic rings. The Bertz CT molecular complexity index is 979. The van der Waals surface area contributed by atoms with Crippen molar-refractivity contribution >= 4 is 17.7 Å². The highest BCUT2D eigenvalue weighted by Crippen LogP contribution is 2.31.